The van der Waals surface area contributed by atoms with Crippen LogP contribution in [0.15, 0.2) is 76.6 Å². The number of aliphatic hydroxyl groups excluding tert-OH is 6. The first kappa shape index (κ1) is 60.8. The van der Waals surface area contributed by atoms with E-state index in [2.05, 4.69) is 83.0 Å². The minimum Gasteiger partial charge on any atom is -0.394 e. The van der Waals surface area contributed by atoms with Crippen molar-refractivity contribution in [2.45, 2.75) is 224 Å². The highest BCUT2D eigenvalue weighted by atomic mass is 16.4. The molecule has 78 heavy (non-hydrogen) atoms. The Morgan fingerprint density at radius 3 is 1.56 bits per heavy atom. The number of aliphatic hydroxyl groups is 9. The van der Waals surface area contributed by atoms with Crippen LogP contribution in [0.4, 0.5) is 11.4 Å². The molecule has 2 aromatic heterocycles. The molecule has 9 N–H and O–H groups in total. The van der Waals surface area contributed by atoms with Gasteiger partial charge in [0, 0.05) is 26.2 Å². The monoisotopic (exact) mass is 1080 g/mol. The number of para-hydroxylation sites is 3. The lowest BCUT2D eigenvalue weighted by Crippen LogP contribution is -2.45. The fraction of sp³-hybridized carbons (Fsp3) is 0.639. The molecule has 432 valence electrons. The number of imidazole rings is 2. The predicted molar refractivity (Wildman–Crippen MR) is 308 cm³/mol. The molecule has 0 bridgehead atoms. The van der Waals surface area contributed by atoms with Crippen LogP contribution in [0.1, 0.15) is 151 Å². The van der Waals surface area contributed by atoms with Gasteiger partial charge in [-0.15, -0.1) is 0 Å². The fourth-order valence-corrected chi connectivity index (χ4v) is 11.7. The molecule has 17 nitrogen and oxygen atoms in total. The molecule has 17 heteroatoms. The van der Waals surface area contributed by atoms with E-state index in [0.717, 1.165) is 84.2 Å². The Morgan fingerprint density at radius 1 is 0.590 bits per heavy atom. The summed E-state index contributed by atoms with van der Waals surface area (Å²) < 4.78 is 6.53. The molecule has 4 aliphatic heterocycles. The Kier molecular flexibility index (Phi) is 17.6. The minimum absolute atomic E-state index is 0.00135. The Hall–Kier alpha value is -4.82. The van der Waals surface area contributed by atoms with Crippen LogP contribution in [-0.4, -0.2) is 131 Å². The molecule has 0 aliphatic carbocycles. The number of rotatable bonds is 18. The van der Waals surface area contributed by atoms with Gasteiger partial charge in [0.05, 0.1) is 82.1 Å². The highest BCUT2D eigenvalue weighted by Crippen LogP contribution is 2.51. The minimum atomic E-state index is -1.52. The summed E-state index contributed by atoms with van der Waals surface area (Å²) in [5.74, 6) is 1.58. The zero-order valence-electron chi connectivity index (χ0n) is 48.5. The molecule has 0 spiro atoms. The zero-order chi connectivity index (χ0) is 57.8. The van der Waals surface area contributed by atoms with E-state index in [0.29, 0.717) is 25.4 Å². The highest BCUT2D eigenvalue weighted by molar-refractivity contribution is 5.87. The topological polar surface area (TPSA) is 242 Å². The van der Waals surface area contributed by atoms with Crippen molar-refractivity contribution in [3.63, 3.8) is 0 Å². The first-order chi connectivity index (χ1) is 36.1. The molecule has 0 radical (unpaired) electrons. The summed E-state index contributed by atoms with van der Waals surface area (Å²) >= 11 is 0. The van der Waals surface area contributed by atoms with Crippen LogP contribution in [0.3, 0.4) is 0 Å². The number of hydrogen-bond acceptors (Lipinski definition) is 13. The van der Waals surface area contributed by atoms with E-state index in [1.54, 1.807) is 23.0 Å². The van der Waals surface area contributed by atoms with Gasteiger partial charge >= 0.3 is 11.4 Å². The maximum Gasteiger partial charge on any atom is 0.329 e. The maximum absolute atomic E-state index is 13.0. The lowest BCUT2D eigenvalue weighted by Gasteiger charge is -2.37. The summed E-state index contributed by atoms with van der Waals surface area (Å²) in [4.78, 5) is 30.4. The average molecular weight is 1090 g/mol. The Balaban J connectivity index is 0.000000171. The standard InChI is InChI=1S/C23H36N2O2.C22H34N2O5.C16H22N2O4/c1-16(10-11-20(26)23(5,6)27)12-14-24-17(2)25-15-13-22(3,4)18-8-7-9-19(24)21(18)25;1-20(2)11-12-23-18-14(20)7-6-8-15(18)24(19(23)27)13-17(26)22(5,29)10-9-16(25)21(3,4)28;1-16(2)6-7-17-14-10(16)4-3-5-11(14)18(15(17)22)8-12(20)13(21)9-19/h7-9,16,20,26-27H,2,10-15H2,1,3-6H3;6-8,16-17,25-26,28-29H,9-13H2,1-5H3;3-5,12-13,19-21H,6-9H2,1-2H3/t16-,20?;;12-,13-/m1.1/s1. The molecule has 0 saturated carbocycles. The van der Waals surface area contributed by atoms with Crippen molar-refractivity contribution in [3.05, 3.63) is 105 Å². The van der Waals surface area contributed by atoms with Crippen LogP contribution in [0.5, 0.6) is 0 Å². The number of hydrogen-bond donors (Lipinski definition) is 9. The lowest BCUT2D eigenvalue weighted by atomic mass is 9.78. The van der Waals surface area contributed by atoms with E-state index in [-0.39, 0.29) is 53.6 Å². The van der Waals surface area contributed by atoms with Gasteiger partial charge in [-0.05, 0) is 143 Å². The molecular formula is C61H92N6O11. The Labute approximate surface area is 460 Å². The smallest absolute Gasteiger partial charge is 0.329 e. The second-order valence-electron chi connectivity index (χ2n) is 26.3. The van der Waals surface area contributed by atoms with Crippen molar-refractivity contribution in [2.75, 3.05) is 29.5 Å². The summed E-state index contributed by atoms with van der Waals surface area (Å²) in [6, 6.07) is 18.3. The zero-order valence-corrected chi connectivity index (χ0v) is 48.5. The van der Waals surface area contributed by atoms with Crippen LogP contribution in [-0.2, 0) is 42.4 Å². The van der Waals surface area contributed by atoms with Gasteiger partial charge < -0.3 is 55.8 Å². The fourth-order valence-electron chi connectivity index (χ4n) is 11.7. The second-order valence-corrected chi connectivity index (χ2v) is 26.3. The van der Waals surface area contributed by atoms with Gasteiger partial charge in [0.2, 0.25) is 0 Å². The van der Waals surface area contributed by atoms with Gasteiger partial charge in [-0.3, -0.25) is 18.3 Å². The number of nitrogens with zero attached hydrogens (tertiary/aromatic N) is 6. The molecule has 4 aliphatic rings. The summed E-state index contributed by atoms with van der Waals surface area (Å²) in [6.07, 6.45) is 0.347. The van der Waals surface area contributed by atoms with E-state index in [1.807, 2.05) is 36.4 Å². The van der Waals surface area contributed by atoms with E-state index >= 15 is 0 Å². The van der Waals surface area contributed by atoms with Crippen molar-refractivity contribution in [1.29, 1.82) is 0 Å². The normalized spacial score (nSPS) is 20.2. The molecule has 9 rings (SSSR count). The molecule has 6 heterocycles. The molecule has 3 aromatic carbocycles. The van der Waals surface area contributed by atoms with Crippen molar-refractivity contribution >= 4 is 33.4 Å². The van der Waals surface area contributed by atoms with Crippen LogP contribution in [0.25, 0.3) is 22.1 Å². The van der Waals surface area contributed by atoms with Gasteiger partial charge in [0.1, 0.15) is 24.1 Å². The third kappa shape index (κ3) is 12.2. The molecule has 5 aromatic rings. The molecular weight excluding hydrogens is 993 g/mol. The average Bonchev–Trinajstić information content (AvgIpc) is 4.15. The third-order valence-electron chi connectivity index (χ3n) is 17.7. The van der Waals surface area contributed by atoms with Gasteiger partial charge in [0.15, 0.2) is 0 Å². The van der Waals surface area contributed by atoms with Gasteiger partial charge in [-0.1, -0.05) is 91.4 Å². The molecule has 4 unspecified atom stereocenters. The van der Waals surface area contributed by atoms with Crippen molar-refractivity contribution < 1.29 is 46.0 Å². The summed E-state index contributed by atoms with van der Waals surface area (Å²) in [5.41, 5.74) is 5.62. The molecule has 7 atom stereocenters. The van der Waals surface area contributed by atoms with Crippen LogP contribution < -0.4 is 21.2 Å². The van der Waals surface area contributed by atoms with Crippen molar-refractivity contribution in [2.24, 2.45) is 5.92 Å². The van der Waals surface area contributed by atoms with E-state index in [4.69, 9.17) is 5.11 Å². The second kappa shape index (κ2) is 22.6. The quantitative estimate of drug-likeness (QED) is 0.0482. The Bertz CT molecular complexity index is 3060. The number of aromatic nitrogens is 4. The van der Waals surface area contributed by atoms with Crippen molar-refractivity contribution in [3.8, 4) is 0 Å². The molecule has 0 amide bonds. The van der Waals surface area contributed by atoms with Crippen molar-refractivity contribution in [1.82, 2.24) is 18.3 Å². The van der Waals surface area contributed by atoms with Crippen LogP contribution in [0.2, 0.25) is 0 Å². The third-order valence-corrected chi connectivity index (χ3v) is 17.7. The SMILES string of the molecule is C=C1N(CC[C@H](C)CCC(O)C(C)(C)O)c2cccc3c2N1CCC3(C)C.CC1(C)CCn2c(=O)n(CC(O)C(C)(O)CCC(O)C(C)(C)O)c3cccc1c32.CC1(C)CCn2c(=O)n(C[C@@H](O)[C@H](O)CO)c3cccc1c32. The summed E-state index contributed by atoms with van der Waals surface area (Å²) in [7, 11) is 0. The Morgan fingerprint density at radius 2 is 1.05 bits per heavy atom. The summed E-state index contributed by atoms with van der Waals surface area (Å²) in [6.45, 7) is 30.4. The largest absolute Gasteiger partial charge is 0.394 e. The van der Waals surface area contributed by atoms with Gasteiger partial charge in [0.25, 0.3) is 0 Å². The van der Waals surface area contributed by atoms with Gasteiger partial charge in [-0.25, -0.2) is 9.59 Å². The van der Waals surface area contributed by atoms with E-state index < -0.39 is 53.9 Å². The summed E-state index contributed by atoms with van der Waals surface area (Å²) in [5, 5.41) is 89.8. The maximum atomic E-state index is 13.0. The van der Waals surface area contributed by atoms with E-state index in [1.165, 1.54) is 46.8 Å². The first-order valence-corrected chi connectivity index (χ1v) is 28.2. The number of anilines is 2. The number of benzene rings is 3. The lowest BCUT2D eigenvalue weighted by molar-refractivity contribution is -0.0968. The molecule has 0 saturated heterocycles. The van der Waals surface area contributed by atoms with Crippen LogP contribution >= 0.6 is 0 Å². The number of aryl methyl sites for hydroxylation is 2. The predicted octanol–water partition coefficient (Wildman–Crippen LogP) is 6.11. The van der Waals surface area contributed by atoms with E-state index in [9.17, 15) is 50.4 Å². The molecule has 0 fully saturated rings. The van der Waals surface area contributed by atoms with Gasteiger partial charge in [-0.2, -0.15) is 0 Å². The van der Waals surface area contributed by atoms with Crippen LogP contribution in [0, 0.1) is 5.92 Å². The first-order valence-electron chi connectivity index (χ1n) is 28.2. The highest BCUT2D eigenvalue weighted by Gasteiger charge is 2.41.